The second-order valence-corrected chi connectivity index (χ2v) is 12.0. The Morgan fingerprint density at radius 3 is 2.49 bits per heavy atom. The van der Waals surface area contributed by atoms with E-state index in [1.54, 1.807) is 6.20 Å². The Labute approximate surface area is 234 Å². The van der Waals surface area contributed by atoms with Crippen LogP contribution in [0.5, 0.6) is 0 Å². The number of halogens is 2. The average Bonchev–Trinajstić information content (AvgIpc) is 3.30. The molecule has 1 saturated heterocycles. The molecule has 0 aliphatic carbocycles. The molecule has 37 heavy (non-hydrogen) atoms. The number of hydrogen-bond acceptors (Lipinski definition) is 7. The molecule has 9 heteroatoms. The molecule has 2 aliphatic heterocycles. The van der Waals surface area contributed by atoms with Crippen LogP contribution in [-0.2, 0) is 25.9 Å². The second-order valence-electron chi connectivity index (χ2n) is 9.66. The lowest BCUT2D eigenvalue weighted by molar-refractivity contribution is 0.123. The third kappa shape index (κ3) is 6.33. The standard InChI is InChI=1S/C28H28BrClN6S/c29-22-14-25(37-18-22)17-36-8-6-35(7-9-36)16-21-10-20-5-4-19-2-1-3-23(11-19)33-28-31-15-26(30)27(34-28)32-24(12-20)13-21/h1-3,10-15,18H,4-9,16-17H2,(H2,31,32,33,34). The monoisotopic (exact) mass is 594 g/mol. The highest BCUT2D eigenvalue weighted by Gasteiger charge is 2.18. The van der Waals surface area contributed by atoms with Crippen LogP contribution < -0.4 is 10.6 Å². The van der Waals surface area contributed by atoms with E-state index in [1.807, 2.05) is 17.4 Å². The van der Waals surface area contributed by atoms with E-state index in [4.69, 9.17) is 11.6 Å². The minimum absolute atomic E-state index is 0.495. The summed E-state index contributed by atoms with van der Waals surface area (Å²) in [4.78, 5) is 15.5. The van der Waals surface area contributed by atoms with Crippen LogP contribution in [0, 0.1) is 0 Å². The van der Waals surface area contributed by atoms with Crippen molar-refractivity contribution in [1.29, 1.82) is 0 Å². The van der Waals surface area contributed by atoms with Crippen LogP contribution in [-0.4, -0.2) is 45.9 Å². The molecule has 1 fully saturated rings. The number of benzene rings is 2. The molecule has 2 aliphatic rings. The van der Waals surface area contributed by atoms with Crippen molar-refractivity contribution in [2.24, 2.45) is 0 Å². The van der Waals surface area contributed by atoms with E-state index in [0.717, 1.165) is 63.5 Å². The van der Waals surface area contributed by atoms with Crippen LogP contribution in [0.2, 0.25) is 5.02 Å². The molecule has 2 aromatic heterocycles. The third-order valence-corrected chi connectivity index (χ3v) is 8.78. The van der Waals surface area contributed by atoms with Gasteiger partial charge in [0.15, 0.2) is 5.82 Å². The summed E-state index contributed by atoms with van der Waals surface area (Å²) in [6.45, 7) is 6.27. The first-order valence-corrected chi connectivity index (χ1v) is 14.6. The fraction of sp³-hybridized carbons (Fsp3) is 0.286. The molecule has 4 aromatic rings. The lowest BCUT2D eigenvalue weighted by atomic mass is 10.0. The van der Waals surface area contributed by atoms with Crippen LogP contribution >= 0.6 is 38.9 Å². The molecule has 0 unspecified atom stereocenters. The number of anilines is 4. The maximum atomic E-state index is 6.47. The summed E-state index contributed by atoms with van der Waals surface area (Å²) in [6.07, 6.45) is 3.57. The summed E-state index contributed by atoms with van der Waals surface area (Å²) in [5, 5.41) is 9.43. The smallest absolute Gasteiger partial charge is 0.229 e. The van der Waals surface area contributed by atoms with Gasteiger partial charge in [-0.15, -0.1) is 11.3 Å². The summed E-state index contributed by atoms with van der Waals surface area (Å²) in [5.41, 5.74) is 5.88. The molecule has 0 atom stereocenters. The molecule has 6 rings (SSSR count). The summed E-state index contributed by atoms with van der Waals surface area (Å²) in [5.74, 6) is 1.12. The average molecular weight is 596 g/mol. The van der Waals surface area contributed by atoms with Gasteiger partial charge in [0.05, 0.1) is 6.20 Å². The third-order valence-electron chi connectivity index (χ3n) is 6.82. The molecular formula is C28H28BrClN6S. The summed E-state index contributed by atoms with van der Waals surface area (Å²) in [7, 11) is 0. The largest absolute Gasteiger partial charge is 0.339 e. The van der Waals surface area contributed by atoms with Crippen LogP contribution in [0.4, 0.5) is 23.1 Å². The van der Waals surface area contributed by atoms with Gasteiger partial charge in [-0.25, -0.2) is 4.98 Å². The number of piperazine rings is 1. The maximum Gasteiger partial charge on any atom is 0.229 e. The van der Waals surface area contributed by atoms with Crippen LogP contribution in [0.1, 0.15) is 21.6 Å². The zero-order valence-corrected chi connectivity index (χ0v) is 23.5. The van der Waals surface area contributed by atoms with Crippen molar-refractivity contribution in [1.82, 2.24) is 19.8 Å². The Morgan fingerprint density at radius 2 is 1.68 bits per heavy atom. The van der Waals surface area contributed by atoms with E-state index in [9.17, 15) is 0 Å². The summed E-state index contributed by atoms with van der Waals surface area (Å²) in [6, 6.07) is 17.5. The first kappa shape index (κ1) is 24.8. The summed E-state index contributed by atoms with van der Waals surface area (Å²) >= 11 is 11.9. The van der Waals surface area contributed by atoms with Crippen molar-refractivity contribution < 1.29 is 0 Å². The molecule has 4 heterocycles. The van der Waals surface area contributed by atoms with Crippen molar-refractivity contribution in [3.63, 3.8) is 0 Å². The number of hydrogen-bond donors (Lipinski definition) is 2. The number of aryl methyl sites for hydroxylation is 2. The van der Waals surface area contributed by atoms with Crippen molar-refractivity contribution in [3.05, 3.63) is 91.2 Å². The molecule has 190 valence electrons. The van der Waals surface area contributed by atoms with Gasteiger partial charge in [-0.05, 0) is 75.8 Å². The van der Waals surface area contributed by atoms with E-state index in [0.29, 0.717) is 16.8 Å². The molecule has 0 spiro atoms. The Morgan fingerprint density at radius 1 is 0.892 bits per heavy atom. The van der Waals surface area contributed by atoms with Crippen molar-refractivity contribution in [2.75, 3.05) is 36.8 Å². The van der Waals surface area contributed by atoms with Crippen LogP contribution in [0.3, 0.4) is 0 Å². The number of rotatable bonds is 4. The first-order valence-electron chi connectivity index (χ1n) is 12.5. The number of nitrogens with zero attached hydrogens (tertiary/aromatic N) is 4. The zero-order valence-electron chi connectivity index (χ0n) is 20.4. The second kappa shape index (κ2) is 11.1. The predicted octanol–water partition coefficient (Wildman–Crippen LogP) is 6.86. The molecule has 0 saturated carbocycles. The fourth-order valence-electron chi connectivity index (χ4n) is 4.97. The van der Waals surface area contributed by atoms with Gasteiger partial charge in [-0.3, -0.25) is 9.80 Å². The predicted molar refractivity (Wildman–Crippen MR) is 156 cm³/mol. The molecule has 2 aromatic carbocycles. The lowest BCUT2D eigenvalue weighted by Crippen LogP contribution is -2.45. The van der Waals surface area contributed by atoms with Gasteiger partial charge in [-0.2, -0.15) is 4.98 Å². The van der Waals surface area contributed by atoms with Gasteiger partial charge in [0.1, 0.15) is 5.02 Å². The van der Waals surface area contributed by atoms with Gasteiger partial charge in [-0.1, -0.05) is 29.8 Å². The van der Waals surface area contributed by atoms with E-state index in [2.05, 4.69) is 94.2 Å². The SMILES string of the molecule is Clc1cnc2nc1Nc1cc(cc(CN3CCN(Cc4cc(Br)cs4)CC3)c1)CCc1cccc(c1)N2. The Hall–Kier alpha value is -2.49. The maximum absolute atomic E-state index is 6.47. The Bertz CT molecular complexity index is 1400. The molecule has 6 nitrogen and oxygen atoms in total. The number of nitrogens with one attached hydrogen (secondary N) is 2. The number of fused-ring (bicyclic) bond motifs is 6. The Kier molecular flexibility index (Phi) is 7.44. The summed E-state index contributed by atoms with van der Waals surface area (Å²) < 4.78 is 1.18. The number of aromatic nitrogens is 2. The minimum Gasteiger partial charge on any atom is -0.339 e. The van der Waals surface area contributed by atoms with E-state index < -0.39 is 0 Å². The molecule has 0 amide bonds. The molecule has 0 radical (unpaired) electrons. The Balaban J connectivity index is 1.20. The first-order chi connectivity index (χ1) is 18.1. The minimum atomic E-state index is 0.495. The van der Waals surface area contributed by atoms with Gasteiger partial charge in [0, 0.05) is 65.4 Å². The van der Waals surface area contributed by atoms with E-state index in [-0.39, 0.29) is 0 Å². The highest BCUT2D eigenvalue weighted by Crippen LogP contribution is 2.28. The van der Waals surface area contributed by atoms with Crippen molar-refractivity contribution >= 4 is 62.0 Å². The van der Waals surface area contributed by atoms with Crippen LogP contribution in [0.15, 0.2) is 64.6 Å². The quantitative estimate of drug-likeness (QED) is 0.269. The number of thiophene rings is 1. The highest BCUT2D eigenvalue weighted by atomic mass is 79.9. The van der Waals surface area contributed by atoms with Gasteiger partial charge in [0.2, 0.25) is 5.95 Å². The van der Waals surface area contributed by atoms with Crippen molar-refractivity contribution in [3.8, 4) is 0 Å². The zero-order chi connectivity index (χ0) is 25.2. The van der Waals surface area contributed by atoms with E-state index >= 15 is 0 Å². The van der Waals surface area contributed by atoms with Gasteiger partial charge < -0.3 is 10.6 Å². The molecule has 6 bridgehead atoms. The van der Waals surface area contributed by atoms with Gasteiger partial charge >= 0.3 is 0 Å². The fourth-order valence-corrected chi connectivity index (χ4v) is 6.60. The van der Waals surface area contributed by atoms with E-state index in [1.165, 1.54) is 26.0 Å². The van der Waals surface area contributed by atoms with Gasteiger partial charge in [0.25, 0.3) is 0 Å². The highest BCUT2D eigenvalue weighted by molar-refractivity contribution is 9.10. The lowest BCUT2D eigenvalue weighted by Gasteiger charge is -2.34. The van der Waals surface area contributed by atoms with Crippen molar-refractivity contribution in [2.45, 2.75) is 25.9 Å². The molecular weight excluding hydrogens is 568 g/mol. The normalized spacial score (nSPS) is 16.2. The topological polar surface area (TPSA) is 56.3 Å². The van der Waals surface area contributed by atoms with Crippen LogP contribution in [0.25, 0.3) is 0 Å². The molecule has 2 N–H and O–H groups in total.